The quantitative estimate of drug-likeness (QED) is 0.629. The summed E-state index contributed by atoms with van der Waals surface area (Å²) in [4.78, 5) is 12.9. The second-order valence-corrected chi connectivity index (χ2v) is 5.01. The number of aromatic nitrogens is 2. The summed E-state index contributed by atoms with van der Waals surface area (Å²) in [6, 6.07) is 6.12. The van der Waals surface area contributed by atoms with Crippen LogP contribution >= 0.6 is 11.8 Å². The van der Waals surface area contributed by atoms with E-state index in [4.69, 9.17) is 0 Å². The van der Waals surface area contributed by atoms with Crippen molar-refractivity contribution < 1.29 is 9.18 Å². The van der Waals surface area contributed by atoms with Crippen molar-refractivity contribution >= 4 is 17.5 Å². The van der Waals surface area contributed by atoms with Crippen LogP contribution in [0.4, 0.5) is 4.39 Å². The van der Waals surface area contributed by atoms with E-state index in [1.807, 2.05) is 6.92 Å². The number of thioether (sulfide) groups is 1. The molecule has 0 radical (unpaired) electrons. The van der Waals surface area contributed by atoms with Crippen LogP contribution < -0.4 is 0 Å². The van der Waals surface area contributed by atoms with Crippen LogP contribution in [-0.4, -0.2) is 21.3 Å². The molecule has 5 heteroatoms. The van der Waals surface area contributed by atoms with Crippen molar-refractivity contribution in [1.29, 1.82) is 0 Å². The molecule has 0 aliphatic rings. The van der Waals surface area contributed by atoms with Crippen molar-refractivity contribution in [3.8, 4) is 0 Å². The fourth-order valence-corrected chi connectivity index (χ4v) is 2.46. The maximum Gasteiger partial charge on any atom is 0.191 e. The fraction of sp³-hybridized carbons (Fsp3) is 0.231. The number of aryl methyl sites for hydroxylation is 2. The average molecular weight is 264 g/mol. The number of carbonyl (C=O) groups is 1. The Kier molecular flexibility index (Phi) is 3.81. The first-order valence-corrected chi connectivity index (χ1v) is 6.46. The Hall–Kier alpha value is -1.62. The predicted octanol–water partition coefficient (Wildman–Crippen LogP) is 2.84. The maximum absolute atomic E-state index is 12.7. The molecule has 1 aromatic carbocycles. The normalized spacial score (nSPS) is 10.6. The lowest BCUT2D eigenvalue weighted by molar-refractivity contribution is 0.101. The number of halogens is 1. The van der Waals surface area contributed by atoms with Crippen molar-refractivity contribution in [1.82, 2.24) is 9.78 Å². The first-order chi connectivity index (χ1) is 8.58. The van der Waals surface area contributed by atoms with E-state index in [9.17, 15) is 9.18 Å². The Balaban J connectivity index is 2.03. The lowest BCUT2D eigenvalue weighted by Gasteiger charge is -2.03. The van der Waals surface area contributed by atoms with Gasteiger partial charge in [0.05, 0.1) is 11.9 Å². The molecule has 0 aliphatic heterocycles. The van der Waals surface area contributed by atoms with Gasteiger partial charge in [0, 0.05) is 11.9 Å². The molecule has 0 N–H and O–H groups in total. The topological polar surface area (TPSA) is 34.9 Å². The minimum Gasteiger partial charge on any atom is -0.291 e. The van der Waals surface area contributed by atoms with Gasteiger partial charge in [0.15, 0.2) is 5.78 Å². The highest BCUT2D eigenvalue weighted by Crippen LogP contribution is 2.20. The van der Waals surface area contributed by atoms with Gasteiger partial charge in [-0.15, -0.1) is 11.8 Å². The molecule has 0 spiro atoms. The monoisotopic (exact) mass is 264 g/mol. The first kappa shape index (κ1) is 12.8. The highest BCUT2D eigenvalue weighted by Gasteiger charge is 2.14. The van der Waals surface area contributed by atoms with E-state index >= 15 is 0 Å². The third-order valence-electron chi connectivity index (χ3n) is 2.57. The van der Waals surface area contributed by atoms with Crippen LogP contribution in [-0.2, 0) is 7.05 Å². The number of nitrogens with zero attached hydrogens (tertiary/aromatic N) is 2. The largest absolute Gasteiger partial charge is 0.291 e. The zero-order chi connectivity index (χ0) is 13.1. The van der Waals surface area contributed by atoms with E-state index < -0.39 is 0 Å². The molecule has 0 saturated heterocycles. The molecule has 1 aromatic heterocycles. The highest BCUT2D eigenvalue weighted by molar-refractivity contribution is 8.00. The van der Waals surface area contributed by atoms with Gasteiger partial charge >= 0.3 is 0 Å². The molecule has 0 unspecified atom stereocenters. The standard InChI is InChI=1S/C13H13FN2OS/c1-9-7-15-16(2)13(9)12(17)8-18-11-5-3-10(14)4-6-11/h3-7H,8H2,1-2H3. The average Bonchev–Trinajstić information content (AvgIpc) is 2.68. The number of rotatable bonds is 4. The third kappa shape index (κ3) is 2.79. The van der Waals surface area contributed by atoms with Crippen LogP contribution in [0.15, 0.2) is 35.4 Å². The Bertz CT molecular complexity index is 543. The molecule has 2 rings (SSSR count). The number of ketones is 1. The van der Waals surface area contributed by atoms with Crippen molar-refractivity contribution in [2.75, 3.05) is 5.75 Å². The van der Waals surface area contributed by atoms with E-state index in [1.165, 1.54) is 23.9 Å². The van der Waals surface area contributed by atoms with Crippen molar-refractivity contribution in [3.05, 3.63) is 47.5 Å². The van der Waals surface area contributed by atoms with Gasteiger partial charge in [0.1, 0.15) is 11.5 Å². The SMILES string of the molecule is Cc1cnn(C)c1C(=O)CSc1ccc(F)cc1. The van der Waals surface area contributed by atoms with Gasteiger partial charge in [0.2, 0.25) is 0 Å². The fourth-order valence-electron chi connectivity index (χ4n) is 1.70. The van der Waals surface area contributed by atoms with Crippen molar-refractivity contribution in [2.24, 2.45) is 7.05 Å². The lowest BCUT2D eigenvalue weighted by Crippen LogP contribution is -2.10. The first-order valence-electron chi connectivity index (χ1n) is 5.48. The summed E-state index contributed by atoms with van der Waals surface area (Å²) in [5.41, 5.74) is 1.51. The minimum atomic E-state index is -0.270. The van der Waals surface area contributed by atoms with Crippen LogP contribution in [0.1, 0.15) is 16.1 Å². The number of hydrogen-bond donors (Lipinski definition) is 0. The molecule has 1 heterocycles. The molecule has 94 valence electrons. The second kappa shape index (κ2) is 5.35. The van der Waals surface area contributed by atoms with Gasteiger partial charge in [0.25, 0.3) is 0 Å². The third-order valence-corrected chi connectivity index (χ3v) is 3.58. The van der Waals surface area contributed by atoms with Gasteiger partial charge in [-0.1, -0.05) is 0 Å². The molecule has 2 aromatic rings. The Morgan fingerprint density at radius 1 is 1.39 bits per heavy atom. The maximum atomic E-state index is 12.7. The zero-order valence-electron chi connectivity index (χ0n) is 10.2. The molecular weight excluding hydrogens is 251 g/mol. The lowest BCUT2D eigenvalue weighted by atomic mass is 10.2. The summed E-state index contributed by atoms with van der Waals surface area (Å²) in [7, 11) is 1.75. The number of hydrogen-bond acceptors (Lipinski definition) is 3. The Morgan fingerprint density at radius 2 is 2.06 bits per heavy atom. The minimum absolute atomic E-state index is 0.0295. The molecule has 0 aliphatic carbocycles. The van der Waals surface area contributed by atoms with E-state index in [0.29, 0.717) is 11.4 Å². The molecule has 0 amide bonds. The van der Waals surface area contributed by atoms with E-state index in [1.54, 1.807) is 30.1 Å². The van der Waals surface area contributed by atoms with E-state index in [0.717, 1.165) is 10.5 Å². The van der Waals surface area contributed by atoms with Gasteiger partial charge in [-0.2, -0.15) is 5.10 Å². The summed E-state index contributed by atoms with van der Waals surface area (Å²) in [6.45, 7) is 1.86. The van der Waals surface area contributed by atoms with Gasteiger partial charge in [-0.05, 0) is 36.8 Å². The number of Topliss-reactive ketones (excluding diaryl/α,β-unsaturated/α-hetero) is 1. The molecule has 0 atom stereocenters. The summed E-state index contributed by atoms with van der Waals surface area (Å²) >= 11 is 1.40. The van der Waals surface area contributed by atoms with Crippen molar-refractivity contribution in [3.63, 3.8) is 0 Å². The van der Waals surface area contributed by atoms with E-state index in [2.05, 4.69) is 5.10 Å². The zero-order valence-corrected chi connectivity index (χ0v) is 11.0. The Morgan fingerprint density at radius 3 is 2.61 bits per heavy atom. The second-order valence-electron chi connectivity index (χ2n) is 3.97. The molecular formula is C13H13FN2OS. The van der Waals surface area contributed by atoms with E-state index in [-0.39, 0.29) is 11.6 Å². The van der Waals surface area contributed by atoms with Gasteiger partial charge < -0.3 is 0 Å². The van der Waals surface area contributed by atoms with Gasteiger partial charge in [-0.3, -0.25) is 9.48 Å². The van der Waals surface area contributed by atoms with Gasteiger partial charge in [-0.25, -0.2) is 4.39 Å². The smallest absolute Gasteiger partial charge is 0.191 e. The van der Waals surface area contributed by atoms with Crippen molar-refractivity contribution in [2.45, 2.75) is 11.8 Å². The van der Waals surface area contributed by atoms with Crippen LogP contribution in [0.5, 0.6) is 0 Å². The summed E-state index contributed by atoms with van der Waals surface area (Å²) in [5, 5.41) is 4.04. The van der Waals surface area contributed by atoms with Crippen LogP contribution in [0.25, 0.3) is 0 Å². The number of benzene rings is 1. The van der Waals surface area contributed by atoms with Crippen LogP contribution in [0, 0.1) is 12.7 Å². The highest BCUT2D eigenvalue weighted by atomic mass is 32.2. The van der Waals surface area contributed by atoms with Crippen LogP contribution in [0.2, 0.25) is 0 Å². The predicted molar refractivity (Wildman–Crippen MR) is 69.4 cm³/mol. The summed E-state index contributed by atoms with van der Waals surface area (Å²) in [6.07, 6.45) is 1.68. The number of carbonyl (C=O) groups excluding carboxylic acids is 1. The molecule has 0 fully saturated rings. The molecule has 3 nitrogen and oxygen atoms in total. The molecule has 0 bridgehead atoms. The molecule has 0 saturated carbocycles. The summed E-state index contributed by atoms with van der Waals surface area (Å²) < 4.78 is 14.3. The molecule has 18 heavy (non-hydrogen) atoms. The summed E-state index contributed by atoms with van der Waals surface area (Å²) in [5.74, 6) is 0.0846. The van der Waals surface area contributed by atoms with Crippen LogP contribution in [0.3, 0.4) is 0 Å². The Labute approximate surface area is 109 Å².